The molecule has 1 fully saturated rings. The first kappa shape index (κ1) is 35.5. The molecule has 0 unspecified atom stereocenters. The number of anilines is 1. The van der Waals surface area contributed by atoms with Crippen LogP contribution in [0.3, 0.4) is 0 Å². The number of rotatable bonds is 13. The van der Waals surface area contributed by atoms with Crippen molar-refractivity contribution < 1.29 is 27.7 Å². The number of ether oxygens (including phenoxy) is 1. The maximum Gasteiger partial charge on any atom is 0.293 e. The number of amides is 2. The van der Waals surface area contributed by atoms with Crippen LogP contribution < -0.4 is 10.0 Å². The van der Waals surface area contributed by atoms with E-state index in [1.807, 2.05) is 64.2 Å². The van der Waals surface area contributed by atoms with Gasteiger partial charge in [-0.3, -0.25) is 24.7 Å². The molecule has 262 valence electrons. The maximum atomic E-state index is 13.2. The number of nitrogens with zero attached hydrogens (tertiary/aromatic N) is 3. The lowest BCUT2D eigenvalue weighted by Crippen LogP contribution is -2.40. The van der Waals surface area contributed by atoms with Crippen LogP contribution in [0.1, 0.15) is 22.3 Å². The Bertz CT molecular complexity index is 2160. The molecule has 0 saturated carbocycles. The molecule has 2 heterocycles. The number of thioether (sulfide) groups is 1. The summed E-state index contributed by atoms with van der Waals surface area (Å²) in [5.41, 5.74) is 3.14. The quantitative estimate of drug-likeness (QED) is 0.0645. The second kappa shape index (κ2) is 16.1. The molecule has 1 saturated heterocycles. The Labute approximate surface area is 299 Å². The minimum absolute atomic E-state index is 0.0848. The van der Waals surface area contributed by atoms with Gasteiger partial charge >= 0.3 is 0 Å². The zero-order valence-electron chi connectivity index (χ0n) is 27.5. The maximum absolute atomic E-state index is 13.2. The molecule has 4 aromatic carbocycles. The van der Waals surface area contributed by atoms with E-state index in [1.165, 1.54) is 24.3 Å². The third kappa shape index (κ3) is 8.71. The van der Waals surface area contributed by atoms with Crippen molar-refractivity contribution in [2.24, 2.45) is 0 Å². The molecule has 5 aromatic rings. The molecule has 0 aliphatic carbocycles. The van der Waals surface area contributed by atoms with Gasteiger partial charge in [0.15, 0.2) is 0 Å². The lowest BCUT2D eigenvalue weighted by atomic mass is 9.96. The highest BCUT2D eigenvalue weighted by Crippen LogP contribution is 2.31. The van der Waals surface area contributed by atoms with Crippen LogP contribution in [0, 0.1) is 10.1 Å². The Morgan fingerprint density at radius 1 is 0.941 bits per heavy atom. The number of hydrogen-bond donors (Lipinski definition) is 2. The minimum Gasteiger partial charge on any atom is -0.379 e. The van der Waals surface area contributed by atoms with Crippen molar-refractivity contribution >= 4 is 55.9 Å². The topological polar surface area (TPSA) is 161 Å². The molecule has 12 nitrogen and oxygen atoms in total. The van der Waals surface area contributed by atoms with E-state index < -0.39 is 31.4 Å². The van der Waals surface area contributed by atoms with Gasteiger partial charge in [0.05, 0.1) is 28.5 Å². The van der Waals surface area contributed by atoms with E-state index in [1.54, 1.807) is 30.1 Å². The largest absolute Gasteiger partial charge is 0.379 e. The fraction of sp³-hybridized carbons (Fsp3) is 0.216. The number of carbonyl (C=O) groups excluding carboxylic acids is 2. The highest BCUT2D eigenvalue weighted by atomic mass is 32.2. The average molecular weight is 726 g/mol. The van der Waals surface area contributed by atoms with Crippen LogP contribution in [0.2, 0.25) is 0 Å². The van der Waals surface area contributed by atoms with Gasteiger partial charge in [0.2, 0.25) is 5.91 Å². The molecule has 2 amide bonds. The summed E-state index contributed by atoms with van der Waals surface area (Å²) in [6.07, 6.45) is 2.63. The second-order valence-electron chi connectivity index (χ2n) is 11.7. The van der Waals surface area contributed by atoms with Gasteiger partial charge in [0.25, 0.3) is 21.6 Å². The van der Waals surface area contributed by atoms with E-state index >= 15 is 0 Å². The van der Waals surface area contributed by atoms with E-state index in [2.05, 4.69) is 10.3 Å². The van der Waals surface area contributed by atoms with E-state index in [0.717, 1.165) is 38.6 Å². The van der Waals surface area contributed by atoms with Gasteiger partial charge in [0, 0.05) is 65.5 Å². The van der Waals surface area contributed by atoms with Gasteiger partial charge in [-0.05, 0) is 60.0 Å². The summed E-state index contributed by atoms with van der Waals surface area (Å²) >= 11 is 1.58. The van der Waals surface area contributed by atoms with Crippen LogP contribution in [-0.4, -0.2) is 73.6 Å². The third-order valence-corrected chi connectivity index (χ3v) is 10.8. The van der Waals surface area contributed by atoms with Gasteiger partial charge < -0.3 is 15.0 Å². The summed E-state index contributed by atoms with van der Waals surface area (Å²) in [5.74, 6) is -0.161. The average Bonchev–Trinajstić information content (AvgIpc) is 3.16. The van der Waals surface area contributed by atoms with Crippen LogP contribution in [0.4, 0.5) is 11.4 Å². The smallest absolute Gasteiger partial charge is 0.293 e. The summed E-state index contributed by atoms with van der Waals surface area (Å²) in [6, 6.07) is 27.3. The van der Waals surface area contributed by atoms with Crippen molar-refractivity contribution in [1.82, 2.24) is 14.6 Å². The van der Waals surface area contributed by atoms with E-state index in [-0.39, 0.29) is 17.2 Å². The molecule has 0 bridgehead atoms. The molecule has 1 aromatic heterocycles. The van der Waals surface area contributed by atoms with Crippen LogP contribution in [0.15, 0.2) is 113 Å². The molecule has 1 aliphatic heterocycles. The lowest BCUT2D eigenvalue weighted by Gasteiger charge is -2.27. The Morgan fingerprint density at radius 3 is 2.45 bits per heavy atom. The Kier molecular flexibility index (Phi) is 11.2. The number of benzene rings is 4. The SMILES string of the molecule is O=C(NS(=O)(=O)c1ccc(NCCSc2ccccc2)c([N+](=O)[O-])c1)c1ccc(-c2ccc(CCC(=O)N3CCOCC3)c3cccnc23)cc1. The summed E-state index contributed by atoms with van der Waals surface area (Å²) < 4.78 is 33.7. The fourth-order valence-corrected chi connectivity index (χ4v) is 7.57. The molecular formula is C37H35N5O7S2. The number of nitrogens with one attached hydrogen (secondary N) is 2. The van der Waals surface area contributed by atoms with Gasteiger partial charge in [0.1, 0.15) is 5.69 Å². The number of hydrogen-bond acceptors (Lipinski definition) is 10. The zero-order valence-corrected chi connectivity index (χ0v) is 29.1. The normalized spacial score (nSPS) is 13.1. The predicted octanol–water partition coefficient (Wildman–Crippen LogP) is 5.92. The third-order valence-electron chi connectivity index (χ3n) is 8.42. The molecule has 0 spiro atoms. The highest BCUT2D eigenvalue weighted by Gasteiger charge is 2.24. The van der Waals surface area contributed by atoms with Crippen LogP contribution in [-0.2, 0) is 26.0 Å². The first-order chi connectivity index (χ1) is 24.7. The molecular weight excluding hydrogens is 691 g/mol. The van der Waals surface area contributed by atoms with Gasteiger partial charge in [-0.2, -0.15) is 0 Å². The summed E-state index contributed by atoms with van der Waals surface area (Å²) in [6.45, 7) is 2.71. The number of pyridine rings is 1. The van der Waals surface area contributed by atoms with Crippen molar-refractivity contribution in [3.8, 4) is 11.1 Å². The van der Waals surface area contributed by atoms with E-state index in [0.29, 0.717) is 51.4 Å². The molecule has 1 aliphatic rings. The predicted molar refractivity (Wildman–Crippen MR) is 196 cm³/mol. The summed E-state index contributed by atoms with van der Waals surface area (Å²) in [5, 5.41) is 15.7. The number of aryl methyl sites for hydroxylation is 1. The Balaban J connectivity index is 1.12. The summed E-state index contributed by atoms with van der Waals surface area (Å²) in [4.78, 5) is 44.1. The lowest BCUT2D eigenvalue weighted by molar-refractivity contribution is -0.384. The zero-order chi connectivity index (χ0) is 35.8. The molecule has 0 atom stereocenters. The Hall–Kier alpha value is -5.31. The molecule has 6 rings (SSSR count). The van der Waals surface area contributed by atoms with E-state index in [4.69, 9.17) is 4.74 Å². The second-order valence-corrected chi connectivity index (χ2v) is 14.6. The van der Waals surface area contributed by atoms with Gasteiger partial charge in [-0.15, -0.1) is 11.8 Å². The van der Waals surface area contributed by atoms with Gasteiger partial charge in [-0.1, -0.05) is 48.5 Å². The number of aromatic nitrogens is 1. The van der Waals surface area contributed by atoms with Crippen molar-refractivity contribution in [3.05, 3.63) is 124 Å². The van der Waals surface area contributed by atoms with Crippen molar-refractivity contribution in [2.75, 3.05) is 43.9 Å². The van der Waals surface area contributed by atoms with Crippen LogP contribution in [0.25, 0.3) is 22.0 Å². The fourth-order valence-electron chi connectivity index (χ4n) is 5.79. The highest BCUT2D eigenvalue weighted by molar-refractivity contribution is 7.99. The Morgan fingerprint density at radius 2 is 1.71 bits per heavy atom. The number of morpholine rings is 1. The number of fused-ring (bicyclic) bond motifs is 1. The van der Waals surface area contributed by atoms with Crippen LogP contribution in [0.5, 0.6) is 0 Å². The van der Waals surface area contributed by atoms with Gasteiger partial charge in [-0.25, -0.2) is 13.1 Å². The number of sulfonamides is 1. The van der Waals surface area contributed by atoms with Crippen molar-refractivity contribution in [3.63, 3.8) is 0 Å². The number of nitro benzene ring substituents is 1. The molecule has 51 heavy (non-hydrogen) atoms. The monoisotopic (exact) mass is 725 g/mol. The summed E-state index contributed by atoms with van der Waals surface area (Å²) in [7, 11) is -4.44. The molecule has 14 heteroatoms. The first-order valence-corrected chi connectivity index (χ1v) is 18.8. The minimum atomic E-state index is -4.44. The standard InChI is InChI=1S/C37H35N5O7S2/c43-35(41-20-22-49-23-21-41)17-13-27-12-15-32(36-31(27)7-4-18-39-36)26-8-10-28(11-9-26)37(44)40-51(47,48)30-14-16-33(34(25-30)42(45)46)38-19-24-50-29-5-2-1-3-6-29/h1-12,14-16,18,25,38H,13,17,19-24H2,(H,40,44). The van der Waals surface area contributed by atoms with E-state index in [9.17, 15) is 28.1 Å². The van der Waals surface area contributed by atoms with Crippen molar-refractivity contribution in [1.29, 1.82) is 0 Å². The number of nitro groups is 1. The molecule has 2 N–H and O–H groups in total. The van der Waals surface area contributed by atoms with Crippen LogP contribution >= 0.6 is 11.8 Å². The first-order valence-electron chi connectivity index (χ1n) is 16.3. The molecule has 0 radical (unpaired) electrons. The number of carbonyl (C=O) groups is 2. The van der Waals surface area contributed by atoms with Crippen molar-refractivity contribution in [2.45, 2.75) is 22.6 Å².